The minimum atomic E-state index is -0.0509. The topological polar surface area (TPSA) is 65.8 Å². The monoisotopic (exact) mass is 262 g/mol. The third-order valence-electron chi connectivity index (χ3n) is 2.53. The number of amides is 1. The van der Waals surface area contributed by atoms with Gasteiger partial charge in [-0.2, -0.15) is 0 Å². The van der Waals surface area contributed by atoms with Crippen molar-refractivity contribution in [3.63, 3.8) is 0 Å². The minimum absolute atomic E-state index is 0.0408. The predicted octanol–water partition coefficient (Wildman–Crippen LogP) is 0.592. The number of nitrogens with zero attached hydrogens (tertiary/aromatic N) is 2. The van der Waals surface area contributed by atoms with Gasteiger partial charge in [-0.15, -0.1) is 0 Å². The zero-order chi connectivity index (χ0) is 13.0. The van der Waals surface area contributed by atoms with E-state index in [1.165, 1.54) is 6.92 Å². The normalized spacial score (nSPS) is 23.4. The van der Waals surface area contributed by atoms with E-state index in [1.807, 2.05) is 24.3 Å². The molecule has 0 fully saturated rings. The Bertz CT molecular complexity index is 490. The highest BCUT2D eigenvalue weighted by Gasteiger charge is 2.24. The maximum Gasteiger partial charge on any atom is 0.216 e. The van der Waals surface area contributed by atoms with E-state index in [-0.39, 0.29) is 11.8 Å². The summed E-state index contributed by atoms with van der Waals surface area (Å²) in [5.74, 6) is 0.778. The van der Waals surface area contributed by atoms with Gasteiger partial charge in [-0.05, 0) is 18.3 Å². The van der Waals surface area contributed by atoms with Crippen molar-refractivity contribution < 1.29 is 4.79 Å². The number of thiocarbonyl (C=S) groups is 1. The van der Waals surface area contributed by atoms with Crippen LogP contribution in [0, 0.1) is 5.92 Å². The molecule has 2 N–H and O–H groups in total. The van der Waals surface area contributed by atoms with Gasteiger partial charge >= 0.3 is 0 Å². The summed E-state index contributed by atoms with van der Waals surface area (Å²) in [6.07, 6.45) is 7.84. The molecule has 1 atom stereocenters. The average molecular weight is 262 g/mol. The first kappa shape index (κ1) is 12.6. The molecule has 1 aliphatic heterocycles. The van der Waals surface area contributed by atoms with Crippen LogP contribution >= 0.6 is 12.2 Å². The molecule has 1 amide bonds. The van der Waals surface area contributed by atoms with Crippen LogP contribution in [0.5, 0.6) is 0 Å². The first-order valence-corrected chi connectivity index (χ1v) is 6.11. The molecule has 1 aliphatic carbocycles. The molecule has 94 valence electrons. The number of nitrogens with one attached hydrogen (secondary N) is 2. The highest BCUT2D eigenvalue weighted by atomic mass is 32.1. The first-order chi connectivity index (χ1) is 8.66. The smallest absolute Gasteiger partial charge is 0.216 e. The fourth-order valence-corrected chi connectivity index (χ4v) is 1.96. The van der Waals surface area contributed by atoms with E-state index in [2.05, 4.69) is 20.6 Å². The van der Waals surface area contributed by atoms with Crippen LogP contribution in [0.25, 0.3) is 0 Å². The van der Waals surface area contributed by atoms with Crippen molar-refractivity contribution in [2.75, 3.05) is 13.1 Å². The van der Waals surface area contributed by atoms with Crippen molar-refractivity contribution in [3.8, 4) is 0 Å². The third-order valence-corrected chi connectivity index (χ3v) is 2.72. The fraction of sp³-hybridized carbons (Fsp3) is 0.333. The van der Waals surface area contributed by atoms with Gasteiger partial charge in [0.15, 0.2) is 5.11 Å². The van der Waals surface area contributed by atoms with E-state index in [0.717, 1.165) is 11.5 Å². The van der Waals surface area contributed by atoms with E-state index in [0.29, 0.717) is 18.2 Å². The second-order valence-corrected chi connectivity index (χ2v) is 4.33. The number of carbonyl (C=O) groups is 1. The predicted molar refractivity (Wildman–Crippen MR) is 75.9 cm³/mol. The zero-order valence-electron chi connectivity index (χ0n) is 10.0. The van der Waals surface area contributed by atoms with Crippen LogP contribution in [0.15, 0.2) is 34.3 Å². The summed E-state index contributed by atoms with van der Waals surface area (Å²) in [4.78, 5) is 19.4. The molecule has 1 unspecified atom stereocenters. The summed E-state index contributed by atoms with van der Waals surface area (Å²) in [6.45, 7) is 2.53. The van der Waals surface area contributed by atoms with Gasteiger partial charge in [-0.3, -0.25) is 9.79 Å². The number of carbonyl (C=O) groups excluding carboxylic acids is 1. The second-order valence-electron chi connectivity index (χ2n) is 3.94. The van der Waals surface area contributed by atoms with Crippen LogP contribution in [0.2, 0.25) is 0 Å². The number of aliphatic imine (C=N–C) groups is 2. The Morgan fingerprint density at radius 1 is 1.61 bits per heavy atom. The molecule has 0 radical (unpaired) electrons. The zero-order valence-corrected chi connectivity index (χ0v) is 10.8. The van der Waals surface area contributed by atoms with E-state index >= 15 is 0 Å². The van der Waals surface area contributed by atoms with Gasteiger partial charge in [0.1, 0.15) is 5.84 Å². The van der Waals surface area contributed by atoms with Gasteiger partial charge in [0.2, 0.25) is 5.91 Å². The van der Waals surface area contributed by atoms with Crippen molar-refractivity contribution in [2.24, 2.45) is 15.9 Å². The van der Waals surface area contributed by atoms with E-state index in [1.54, 1.807) is 0 Å². The van der Waals surface area contributed by atoms with Crippen LogP contribution in [0.1, 0.15) is 6.92 Å². The molecule has 0 aromatic rings. The largest absolute Gasteiger partial charge is 0.354 e. The minimum Gasteiger partial charge on any atom is -0.354 e. The van der Waals surface area contributed by atoms with Crippen LogP contribution in [0.4, 0.5) is 0 Å². The van der Waals surface area contributed by atoms with Gasteiger partial charge in [-0.1, -0.05) is 18.2 Å². The fourth-order valence-electron chi connectivity index (χ4n) is 1.75. The van der Waals surface area contributed by atoms with Crippen molar-refractivity contribution in [1.82, 2.24) is 10.6 Å². The molecule has 0 saturated heterocycles. The molecule has 2 aliphatic rings. The van der Waals surface area contributed by atoms with Crippen molar-refractivity contribution in [3.05, 3.63) is 24.3 Å². The molecule has 0 saturated carbocycles. The van der Waals surface area contributed by atoms with Gasteiger partial charge in [0, 0.05) is 13.5 Å². The van der Waals surface area contributed by atoms with Crippen molar-refractivity contribution >= 4 is 34.8 Å². The Morgan fingerprint density at radius 3 is 3.22 bits per heavy atom. The molecule has 0 aromatic carbocycles. The molecule has 5 nitrogen and oxygen atoms in total. The van der Waals surface area contributed by atoms with Crippen LogP contribution in [0.3, 0.4) is 0 Å². The highest BCUT2D eigenvalue weighted by molar-refractivity contribution is 7.80. The highest BCUT2D eigenvalue weighted by Crippen LogP contribution is 2.14. The standard InChI is InChI=1S/C12H14N4OS/c1-8(17)13-6-7-14-11-9-4-2-3-5-10(9)15-12(18)16-11/h2-5,9H,6-7H2,1H3,(H,13,17)(H,14,16,18). The Balaban J connectivity index is 2.04. The van der Waals surface area contributed by atoms with Crippen molar-refractivity contribution in [1.29, 1.82) is 0 Å². The second kappa shape index (κ2) is 5.68. The Labute approximate surface area is 111 Å². The van der Waals surface area contributed by atoms with Gasteiger partial charge < -0.3 is 10.6 Å². The van der Waals surface area contributed by atoms with E-state index in [4.69, 9.17) is 12.2 Å². The number of rotatable bonds is 3. The maximum absolute atomic E-state index is 10.7. The molecule has 2 rings (SSSR count). The lowest BCUT2D eigenvalue weighted by Gasteiger charge is -2.24. The van der Waals surface area contributed by atoms with Crippen LogP contribution in [-0.2, 0) is 4.79 Å². The maximum atomic E-state index is 10.7. The Kier molecular flexibility index (Phi) is 3.99. The summed E-state index contributed by atoms with van der Waals surface area (Å²) in [6, 6.07) is 0. The Hall–Kier alpha value is -1.82. The molecule has 1 heterocycles. The Morgan fingerprint density at radius 2 is 2.44 bits per heavy atom. The molecule has 0 aromatic heterocycles. The molecular weight excluding hydrogens is 248 g/mol. The van der Waals surface area contributed by atoms with Gasteiger partial charge in [-0.25, -0.2) is 4.99 Å². The van der Waals surface area contributed by atoms with Crippen LogP contribution < -0.4 is 10.6 Å². The first-order valence-electron chi connectivity index (χ1n) is 5.70. The quantitative estimate of drug-likeness (QED) is 0.578. The van der Waals surface area contributed by atoms with E-state index < -0.39 is 0 Å². The average Bonchev–Trinajstić information content (AvgIpc) is 2.34. The third kappa shape index (κ3) is 3.10. The lowest BCUT2D eigenvalue weighted by Crippen LogP contribution is -2.42. The summed E-state index contributed by atoms with van der Waals surface area (Å²) >= 11 is 5.06. The van der Waals surface area contributed by atoms with Gasteiger partial charge in [0.05, 0.1) is 18.2 Å². The molecular formula is C12H14N4OS. The van der Waals surface area contributed by atoms with E-state index in [9.17, 15) is 4.79 Å². The lowest BCUT2D eigenvalue weighted by atomic mass is 9.96. The summed E-state index contributed by atoms with van der Waals surface area (Å²) in [5.41, 5.74) is 0.902. The van der Waals surface area contributed by atoms with Crippen molar-refractivity contribution in [2.45, 2.75) is 6.92 Å². The molecule has 18 heavy (non-hydrogen) atoms. The summed E-state index contributed by atoms with van der Waals surface area (Å²) < 4.78 is 0. The number of hydrogen-bond donors (Lipinski definition) is 2. The summed E-state index contributed by atoms with van der Waals surface area (Å²) in [5, 5.41) is 6.13. The number of hydrogen-bond acceptors (Lipinski definition) is 3. The number of fused-ring (bicyclic) bond motifs is 1. The van der Waals surface area contributed by atoms with Gasteiger partial charge in [0.25, 0.3) is 0 Å². The SMILES string of the molecule is CC(=O)NCCN=C1NC(=S)N=C2C=CC=CC21. The number of amidine groups is 1. The molecule has 0 bridgehead atoms. The molecule has 6 heteroatoms. The number of allylic oxidation sites excluding steroid dienone is 3. The summed E-state index contributed by atoms with van der Waals surface area (Å²) in [7, 11) is 0. The lowest BCUT2D eigenvalue weighted by molar-refractivity contribution is -0.118. The van der Waals surface area contributed by atoms with Crippen LogP contribution in [-0.4, -0.2) is 35.7 Å². The molecule has 0 spiro atoms.